The van der Waals surface area contributed by atoms with Crippen molar-refractivity contribution in [3.63, 3.8) is 0 Å². The van der Waals surface area contributed by atoms with Crippen LogP contribution in [0.2, 0.25) is 0 Å². The van der Waals surface area contributed by atoms with Gasteiger partial charge in [-0.15, -0.1) is 0 Å². The summed E-state index contributed by atoms with van der Waals surface area (Å²) in [6, 6.07) is 8.52. The number of ether oxygens (including phenoxy) is 1. The second-order valence-electron chi connectivity index (χ2n) is 6.25. The summed E-state index contributed by atoms with van der Waals surface area (Å²) < 4.78 is 5.35. The fourth-order valence-electron chi connectivity index (χ4n) is 2.64. The topological polar surface area (TPSA) is 29.5 Å². The Hall–Kier alpha value is -0.860. The number of hydrogen-bond acceptors (Lipinski definition) is 2. The predicted octanol–water partition coefficient (Wildman–Crippen LogP) is 3.83. The Labute approximate surface area is 116 Å². The normalized spacial score (nSPS) is 19.4. The van der Waals surface area contributed by atoms with Crippen LogP contribution in [0.3, 0.4) is 0 Å². The van der Waals surface area contributed by atoms with Crippen molar-refractivity contribution in [2.75, 3.05) is 13.2 Å². The van der Waals surface area contributed by atoms with Crippen LogP contribution in [0, 0.1) is 5.92 Å². The standard InChI is InChI=1S/C17H26O2/c1-4-17(2,3)15-7-5-13(6-8-15)16(18)14-9-11-19-12-10-14/h5-8,14,16,18H,4,9-12H2,1-3H3. The van der Waals surface area contributed by atoms with Crippen LogP contribution in [-0.2, 0) is 10.2 Å². The molecule has 2 heteroatoms. The van der Waals surface area contributed by atoms with Crippen molar-refractivity contribution < 1.29 is 9.84 Å². The lowest BCUT2D eigenvalue weighted by Crippen LogP contribution is -2.22. The molecule has 0 spiro atoms. The third-order valence-corrected chi connectivity index (χ3v) is 4.63. The van der Waals surface area contributed by atoms with Gasteiger partial charge in [0.2, 0.25) is 0 Å². The third kappa shape index (κ3) is 3.37. The minimum Gasteiger partial charge on any atom is -0.388 e. The van der Waals surface area contributed by atoms with E-state index in [0.717, 1.165) is 38.0 Å². The van der Waals surface area contributed by atoms with Crippen molar-refractivity contribution in [3.05, 3.63) is 35.4 Å². The molecule has 1 aromatic carbocycles. The van der Waals surface area contributed by atoms with Crippen molar-refractivity contribution in [1.29, 1.82) is 0 Å². The van der Waals surface area contributed by atoms with Crippen LogP contribution < -0.4 is 0 Å². The van der Waals surface area contributed by atoms with Gasteiger partial charge in [-0.1, -0.05) is 45.0 Å². The molecule has 0 radical (unpaired) electrons. The van der Waals surface area contributed by atoms with Gasteiger partial charge in [0.25, 0.3) is 0 Å². The Balaban J connectivity index is 2.09. The summed E-state index contributed by atoms with van der Waals surface area (Å²) in [6.07, 6.45) is 2.70. The Morgan fingerprint density at radius 3 is 2.32 bits per heavy atom. The smallest absolute Gasteiger partial charge is 0.0819 e. The molecule has 0 saturated carbocycles. The fraction of sp³-hybridized carbons (Fsp3) is 0.647. The SMILES string of the molecule is CCC(C)(C)c1ccc(C(O)C2CCOCC2)cc1. The first kappa shape index (κ1) is 14.5. The van der Waals surface area contributed by atoms with Gasteiger partial charge in [0.1, 0.15) is 0 Å². The first-order valence-electron chi connectivity index (χ1n) is 7.41. The highest BCUT2D eigenvalue weighted by Crippen LogP contribution is 2.32. The summed E-state index contributed by atoms with van der Waals surface area (Å²) in [7, 11) is 0. The molecular weight excluding hydrogens is 236 g/mol. The van der Waals surface area contributed by atoms with Gasteiger partial charge in [0.05, 0.1) is 6.10 Å². The molecule has 19 heavy (non-hydrogen) atoms. The van der Waals surface area contributed by atoms with E-state index in [1.54, 1.807) is 0 Å². The van der Waals surface area contributed by atoms with E-state index < -0.39 is 0 Å². The monoisotopic (exact) mass is 262 g/mol. The largest absolute Gasteiger partial charge is 0.388 e. The molecule has 0 aromatic heterocycles. The van der Waals surface area contributed by atoms with Crippen molar-refractivity contribution >= 4 is 0 Å². The zero-order valence-corrected chi connectivity index (χ0v) is 12.4. The maximum Gasteiger partial charge on any atom is 0.0819 e. The quantitative estimate of drug-likeness (QED) is 0.893. The first-order chi connectivity index (χ1) is 9.04. The van der Waals surface area contributed by atoms with Gasteiger partial charge in [-0.25, -0.2) is 0 Å². The van der Waals surface area contributed by atoms with Crippen LogP contribution in [0.4, 0.5) is 0 Å². The molecule has 2 nitrogen and oxygen atoms in total. The summed E-state index contributed by atoms with van der Waals surface area (Å²) in [4.78, 5) is 0. The molecule has 1 aromatic rings. The van der Waals surface area contributed by atoms with Gasteiger partial charge in [-0.3, -0.25) is 0 Å². The lowest BCUT2D eigenvalue weighted by atomic mass is 9.81. The molecule has 106 valence electrons. The van der Waals surface area contributed by atoms with E-state index in [0.29, 0.717) is 5.92 Å². The molecule has 1 atom stereocenters. The lowest BCUT2D eigenvalue weighted by Gasteiger charge is -2.28. The highest BCUT2D eigenvalue weighted by Gasteiger charge is 2.24. The zero-order chi connectivity index (χ0) is 13.9. The maximum atomic E-state index is 10.4. The van der Waals surface area contributed by atoms with Crippen molar-refractivity contribution in [1.82, 2.24) is 0 Å². The Morgan fingerprint density at radius 1 is 1.21 bits per heavy atom. The number of aliphatic hydroxyl groups excluding tert-OH is 1. The third-order valence-electron chi connectivity index (χ3n) is 4.63. The van der Waals surface area contributed by atoms with E-state index in [-0.39, 0.29) is 11.5 Å². The van der Waals surface area contributed by atoms with Crippen molar-refractivity contribution in [3.8, 4) is 0 Å². The van der Waals surface area contributed by atoms with E-state index in [4.69, 9.17) is 4.74 Å². The molecule has 1 N–H and O–H groups in total. The van der Waals surface area contributed by atoms with Gasteiger partial charge in [0.15, 0.2) is 0 Å². The van der Waals surface area contributed by atoms with Crippen LogP contribution >= 0.6 is 0 Å². The summed E-state index contributed by atoms with van der Waals surface area (Å²) in [5.41, 5.74) is 2.60. The van der Waals surface area contributed by atoms with Gasteiger partial charge < -0.3 is 9.84 Å². The molecular formula is C17H26O2. The van der Waals surface area contributed by atoms with Crippen LogP contribution in [0.25, 0.3) is 0 Å². The summed E-state index contributed by atoms with van der Waals surface area (Å²) in [5.74, 6) is 0.346. The molecule has 1 saturated heterocycles. The number of benzene rings is 1. The van der Waals surface area contributed by atoms with Crippen LogP contribution in [0.1, 0.15) is 57.3 Å². The Morgan fingerprint density at radius 2 is 1.79 bits per heavy atom. The summed E-state index contributed by atoms with van der Waals surface area (Å²) >= 11 is 0. The molecule has 0 bridgehead atoms. The minimum absolute atomic E-state index is 0.210. The number of aliphatic hydroxyl groups is 1. The Kier molecular flexibility index (Phi) is 4.64. The second-order valence-corrected chi connectivity index (χ2v) is 6.25. The van der Waals surface area contributed by atoms with E-state index in [1.807, 2.05) is 0 Å². The van der Waals surface area contributed by atoms with Crippen LogP contribution in [0.5, 0.6) is 0 Å². The molecule has 1 unspecified atom stereocenters. The second kappa shape index (κ2) is 6.06. The van der Waals surface area contributed by atoms with Crippen molar-refractivity contribution in [2.24, 2.45) is 5.92 Å². The van der Waals surface area contributed by atoms with Crippen molar-refractivity contribution in [2.45, 2.75) is 51.6 Å². The fourth-order valence-corrected chi connectivity index (χ4v) is 2.64. The molecule has 0 amide bonds. The number of hydrogen-bond donors (Lipinski definition) is 1. The molecule has 1 aliphatic heterocycles. The van der Waals surface area contributed by atoms with Gasteiger partial charge in [-0.05, 0) is 41.7 Å². The van der Waals surface area contributed by atoms with Gasteiger partial charge in [-0.2, -0.15) is 0 Å². The van der Waals surface area contributed by atoms with Crippen LogP contribution in [-0.4, -0.2) is 18.3 Å². The maximum absolute atomic E-state index is 10.4. The molecule has 1 fully saturated rings. The summed E-state index contributed by atoms with van der Waals surface area (Å²) in [6.45, 7) is 8.30. The summed E-state index contributed by atoms with van der Waals surface area (Å²) in [5, 5.41) is 10.4. The van der Waals surface area contributed by atoms with Gasteiger partial charge >= 0.3 is 0 Å². The predicted molar refractivity (Wildman–Crippen MR) is 78.3 cm³/mol. The number of rotatable bonds is 4. The van der Waals surface area contributed by atoms with E-state index >= 15 is 0 Å². The highest BCUT2D eigenvalue weighted by molar-refractivity contribution is 5.29. The Bertz CT molecular complexity index is 388. The average molecular weight is 262 g/mol. The first-order valence-corrected chi connectivity index (χ1v) is 7.41. The lowest BCUT2D eigenvalue weighted by molar-refractivity contribution is 0.00717. The molecule has 1 heterocycles. The van der Waals surface area contributed by atoms with Gasteiger partial charge in [0, 0.05) is 13.2 Å². The van der Waals surface area contributed by atoms with Crippen LogP contribution in [0.15, 0.2) is 24.3 Å². The molecule has 2 rings (SSSR count). The minimum atomic E-state index is -0.345. The zero-order valence-electron chi connectivity index (χ0n) is 12.4. The molecule has 0 aliphatic carbocycles. The highest BCUT2D eigenvalue weighted by atomic mass is 16.5. The molecule has 1 aliphatic rings. The average Bonchev–Trinajstić information content (AvgIpc) is 2.47. The van der Waals surface area contributed by atoms with E-state index in [2.05, 4.69) is 45.0 Å². The van der Waals surface area contributed by atoms with E-state index in [1.165, 1.54) is 5.56 Å². The van der Waals surface area contributed by atoms with E-state index in [9.17, 15) is 5.11 Å².